The molecule has 0 spiro atoms. The molecule has 11 nitrogen and oxygen atoms in total. The number of aromatic amines is 1. The summed E-state index contributed by atoms with van der Waals surface area (Å²) < 4.78 is 56.2. The lowest BCUT2D eigenvalue weighted by atomic mass is 9.50. The van der Waals surface area contributed by atoms with Gasteiger partial charge in [-0.2, -0.15) is 5.10 Å². The molecule has 2 aromatic heterocycles. The van der Waals surface area contributed by atoms with Crippen LogP contribution >= 0.6 is 0 Å². The largest absolute Gasteiger partial charge is 0.471 e. The maximum absolute atomic E-state index is 14.9. The molecule has 0 radical (unpaired) electrons. The zero-order valence-electron chi connectivity index (χ0n) is 18.1. The Morgan fingerprint density at radius 3 is 2.79 bits per heavy atom. The summed E-state index contributed by atoms with van der Waals surface area (Å²) in [6, 6.07) is 2.60. The fourth-order valence-corrected chi connectivity index (χ4v) is 4.55. The maximum Gasteiger partial charge on any atom is 0.408 e. The van der Waals surface area contributed by atoms with E-state index in [9.17, 15) is 22.8 Å². The molecule has 4 fully saturated rings. The summed E-state index contributed by atoms with van der Waals surface area (Å²) in [7, 11) is 1.45. The predicted molar refractivity (Wildman–Crippen MR) is 108 cm³/mol. The third kappa shape index (κ3) is 4.29. The van der Waals surface area contributed by atoms with Gasteiger partial charge in [0, 0.05) is 24.7 Å². The quantitative estimate of drug-likeness (QED) is 0.523. The normalized spacial score (nSPS) is 29.3. The van der Waals surface area contributed by atoms with Crippen LogP contribution in [0.1, 0.15) is 41.5 Å². The van der Waals surface area contributed by atoms with Gasteiger partial charge in [-0.1, -0.05) is 0 Å². The molecule has 3 saturated carbocycles. The number of halogens is 3. The van der Waals surface area contributed by atoms with Gasteiger partial charge in [-0.3, -0.25) is 14.6 Å². The highest BCUT2D eigenvalue weighted by Crippen LogP contribution is 2.57. The van der Waals surface area contributed by atoms with E-state index in [1.807, 2.05) is 0 Å². The van der Waals surface area contributed by atoms with E-state index >= 15 is 0 Å². The molecule has 34 heavy (non-hydrogen) atoms. The Labute approximate surface area is 191 Å². The van der Waals surface area contributed by atoms with Crippen molar-refractivity contribution in [1.29, 1.82) is 0 Å². The number of hydrogen-bond donors (Lipinski definition) is 3. The summed E-state index contributed by atoms with van der Waals surface area (Å²) in [6.07, 6.45) is -4.26. The lowest BCUT2D eigenvalue weighted by Crippen LogP contribution is -2.68. The van der Waals surface area contributed by atoms with E-state index in [1.165, 1.54) is 23.9 Å². The van der Waals surface area contributed by atoms with Gasteiger partial charge >= 0.3 is 6.09 Å². The number of rotatable bonds is 8. The van der Waals surface area contributed by atoms with Crippen molar-refractivity contribution in [1.82, 2.24) is 25.3 Å². The van der Waals surface area contributed by atoms with E-state index < -0.39 is 43.4 Å². The molecule has 3 atom stereocenters. The van der Waals surface area contributed by atoms with Gasteiger partial charge < -0.3 is 24.8 Å². The van der Waals surface area contributed by atoms with Crippen molar-refractivity contribution in [3.05, 3.63) is 23.5 Å². The third-order valence-corrected chi connectivity index (χ3v) is 6.34. The van der Waals surface area contributed by atoms with Crippen LogP contribution in [0.15, 0.2) is 12.1 Å². The van der Waals surface area contributed by atoms with E-state index in [1.54, 1.807) is 0 Å². The monoisotopic (exact) mass is 484 g/mol. The number of amides is 2. The lowest BCUT2D eigenvalue weighted by molar-refractivity contribution is -0.0528. The summed E-state index contributed by atoms with van der Waals surface area (Å²) in [4.78, 5) is 24.6. The molecule has 1 aliphatic heterocycles. The van der Waals surface area contributed by atoms with Crippen LogP contribution in [0.4, 0.5) is 23.8 Å². The van der Waals surface area contributed by atoms with Gasteiger partial charge in [-0.05, 0) is 25.2 Å². The molecule has 184 valence electrons. The first-order valence-electron chi connectivity index (χ1n) is 10.8. The van der Waals surface area contributed by atoms with Crippen LogP contribution < -0.4 is 15.4 Å². The Kier molecular flexibility index (Phi) is 5.62. The smallest absolute Gasteiger partial charge is 0.408 e. The van der Waals surface area contributed by atoms with Crippen molar-refractivity contribution in [2.75, 3.05) is 18.5 Å². The fourth-order valence-electron chi connectivity index (χ4n) is 4.55. The summed E-state index contributed by atoms with van der Waals surface area (Å²) in [6.45, 7) is -0.966. The summed E-state index contributed by atoms with van der Waals surface area (Å²) in [5, 5.41) is 15.7. The van der Waals surface area contributed by atoms with Crippen molar-refractivity contribution in [3.63, 3.8) is 0 Å². The van der Waals surface area contributed by atoms with Crippen molar-refractivity contribution in [2.45, 2.75) is 49.6 Å². The molecule has 6 rings (SSSR count). The molecular formula is C20H23F3N6O5. The predicted octanol–water partition coefficient (Wildman–Crippen LogP) is 2.10. The molecule has 4 aliphatic rings. The minimum Gasteiger partial charge on any atom is -0.471 e. The summed E-state index contributed by atoms with van der Waals surface area (Å²) in [5.74, 6) is 0.00926. The Morgan fingerprint density at radius 1 is 1.35 bits per heavy atom. The second kappa shape index (κ2) is 8.49. The number of nitrogens with one attached hydrogen (secondary N) is 3. The van der Waals surface area contributed by atoms with E-state index in [2.05, 4.69) is 25.9 Å². The third-order valence-electron chi connectivity index (χ3n) is 6.34. The molecule has 3 aliphatic carbocycles. The van der Waals surface area contributed by atoms with Gasteiger partial charge in [0.1, 0.15) is 11.8 Å². The second-order valence-electron chi connectivity index (χ2n) is 8.88. The summed E-state index contributed by atoms with van der Waals surface area (Å²) in [5.41, 5.74) is 0.115. The highest BCUT2D eigenvalue weighted by Gasteiger charge is 2.58. The maximum atomic E-state index is 14.9. The van der Waals surface area contributed by atoms with Gasteiger partial charge in [0.2, 0.25) is 5.88 Å². The molecule has 1 saturated heterocycles. The van der Waals surface area contributed by atoms with Crippen molar-refractivity contribution in [3.8, 4) is 5.88 Å². The number of H-pyrrole nitrogens is 1. The van der Waals surface area contributed by atoms with Gasteiger partial charge in [0.05, 0.1) is 12.3 Å². The number of aryl methyl sites for hydroxylation is 1. The topological polar surface area (TPSA) is 132 Å². The van der Waals surface area contributed by atoms with E-state index in [-0.39, 0.29) is 35.2 Å². The lowest BCUT2D eigenvalue weighted by Gasteiger charge is -2.61. The van der Waals surface area contributed by atoms with Gasteiger partial charge in [-0.15, -0.1) is 5.10 Å². The highest BCUT2D eigenvalue weighted by atomic mass is 19.3. The summed E-state index contributed by atoms with van der Waals surface area (Å²) >= 11 is 0. The van der Waals surface area contributed by atoms with E-state index in [0.717, 1.165) is 19.3 Å². The van der Waals surface area contributed by atoms with Crippen LogP contribution in [0.3, 0.4) is 0 Å². The van der Waals surface area contributed by atoms with Gasteiger partial charge in [0.15, 0.2) is 24.7 Å². The zero-order valence-corrected chi connectivity index (χ0v) is 18.1. The van der Waals surface area contributed by atoms with Crippen LogP contribution in [0.2, 0.25) is 0 Å². The van der Waals surface area contributed by atoms with Crippen LogP contribution in [0, 0.1) is 5.92 Å². The Balaban J connectivity index is 1.15. The number of alkyl halides is 3. The molecule has 2 amide bonds. The number of anilines is 1. The standard InChI is InChI=1S/C20H23F3N6O5/c1-29-11(3-15(28-29)32-8-13(21)22)18(30)24-14-2-10(26-27-14)17-16(23)12(7-33-17)34-19(31)25-20-4-9(5-20)6-20/h2-3,9,12-13,16-17H,4-8H2,1H3,(H,25,31)(H2,24,26,27,30)/t9?,12-,16+,17-,20?/m1/s1. The van der Waals surface area contributed by atoms with Crippen molar-refractivity contribution < 1.29 is 37.0 Å². The van der Waals surface area contributed by atoms with Crippen LogP contribution in [0.25, 0.3) is 0 Å². The van der Waals surface area contributed by atoms with Crippen LogP contribution in [0.5, 0.6) is 5.88 Å². The highest BCUT2D eigenvalue weighted by molar-refractivity contribution is 6.02. The average Bonchev–Trinajstić information content (AvgIpc) is 3.42. The first-order valence-corrected chi connectivity index (χ1v) is 10.8. The van der Waals surface area contributed by atoms with E-state index in [4.69, 9.17) is 14.2 Å². The molecule has 2 aromatic rings. The number of aromatic nitrogens is 4. The molecule has 3 heterocycles. The second-order valence-corrected chi connectivity index (χ2v) is 8.88. The van der Waals surface area contributed by atoms with Gasteiger partial charge in [0.25, 0.3) is 12.3 Å². The average molecular weight is 484 g/mol. The number of ether oxygens (including phenoxy) is 3. The number of carbonyl (C=O) groups is 2. The number of carbonyl (C=O) groups excluding carboxylic acids is 2. The number of alkyl carbamates (subject to hydrolysis) is 1. The first-order chi connectivity index (χ1) is 16.2. The van der Waals surface area contributed by atoms with E-state index in [0.29, 0.717) is 5.92 Å². The first kappa shape index (κ1) is 22.5. The molecule has 0 unspecified atom stereocenters. The van der Waals surface area contributed by atoms with Crippen LogP contribution in [-0.4, -0.2) is 69.4 Å². The SMILES string of the molecule is Cn1nc(OCC(F)F)cc1C(=O)Nc1cc([C@H]2OC[C@@H](OC(=O)NC34CC(C3)C4)[C@@H]2F)[nH]n1. The fraction of sp³-hybridized carbons (Fsp3) is 0.600. The Hall–Kier alpha value is -3.29. The minimum absolute atomic E-state index is 0.0393. The molecule has 3 N–H and O–H groups in total. The number of nitrogens with zero attached hydrogens (tertiary/aromatic N) is 3. The van der Waals surface area contributed by atoms with Crippen molar-refractivity contribution >= 4 is 17.8 Å². The molecular weight excluding hydrogens is 461 g/mol. The Morgan fingerprint density at radius 2 is 2.12 bits per heavy atom. The van der Waals surface area contributed by atoms with Crippen molar-refractivity contribution in [2.24, 2.45) is 13.0 Å². The molecule has 14 heteroatoms. The minimum atomic E-state index is -2.67. The zero-order chi connectivity index (χ0) is 24.0. The molecule has 2 bridgehead atoms. The number of hydrogen-bond acceptors (Lipinski definition) is 7. The van der Waals surface area contributed by atoms with Gasteiger partial charge in [-0.25, -0.2) is 18.0 Å². The molecule has 0 aromatic carbocycles. The Bertz CT molecular complexity index is 1070. The van der Waals surface area contributed by atoms with Crippen LogP contribution in [-0.2, 0) is 16.5 Å².